The highest BCUT2D eigenvalue weighted by molar-refractivity contribution is 5.75. The largest absolute Gasteiger partial charge is 0.496 e. The molecule has 1 aromatic heterocycles. The number of hydrogen-bond donors (Lipinski definition) is 3. The fourth-order valence-electron chi connectivity index (χ4n) is 2.32. The van der Waals surface area contributed by atoms with Crippen molar-refractivity contribution < 1.29 is 23.4 Å². The van der Waals surface area contributed by atoms with Crippen LogP contribution in [0.1, 0.15) is 27.2 Å². The second kappa shape index (κ2) is 8.61. The molecule has 0 aliphatic rings. The van der Waals surface area contributed by atoms with E-state index < -0.39 is 17.5 Å². The fourth-order valence-corrected chi connectivity index (χ4v) is 2.32. The van der Waals surface area contributed by atoms with Gasteiger partial charge in [0.15, 0.2) is 0 Å². The molecule has 0 saturated carbocycles. The van der Waals surface area contributed by atoms with Crippen molar-refractivity contribution in [3.8, 4) is 22.8 Å². The maximum atomic E-state index is 13.9. The normalized spacial score (nSPS) is 11.1. The number of nitrogens with two attached hydrogens (primary N) is 1. The molecule has 0 atom stereocenters. The number of nitrogen functional groups attached to an aromatic ring is 1. The number of benzene rings is 1. The van der Waals surface area contributed by atoms with Gasteiger partial charge in [-0.3, -0.25) is 5.10 Å². The Kier molecular flexibility index (Phi) is 6.49. The number of aromatic nitrogens is 2. The number of hydrogen-bond acceptors (Lipinski definition) is 6. The first kappa shape index (κ1) is 20.3. The van der Waals surface area contributed by atoms with Crippen LogP contribution in [0.4, 0.5) is 15.0 Å². The zero-order valence-corrected chi connectivity index (χ0v) is 15.9. The molecule has 0 aliphatic carbocycles. The number of halogens is 1. The number of rotatable bonds is 7. The van der Waals surface area contributed by atoms with Gasteiger partial charge in [-0.15, -0.1) is 0 Å². The molecule has 27 heavy (non-hydrogen) atoms. The number of H-pyrrole nitrogens is 1. The Labute approximate surface area is 157 Å². The second-order valence-electron chi connectivity index (χ2n) is 6.82. The average molecular weight is 380 g/mol. The summed E-state index contributed by atoms with van der Waals surface area (Å²) >= 11 is 0. The number of methoxy groups -OCH3 is 1. The van der Waals surface area contributed by atoms with E-state index in [0.29, 0.717) is 35.8 Å². The summed E-state index contributed by atoms with van der Waals surface area (Å²) in [5, 5.41) is 9.28. The van der Waals surface area contributed by atoms with Crippen molar-refractivity contribution in [2.24, 2.45) is 0 Å². The number of anilines is 1. The van der Waals surface area contributed by atoms with Gasteiger partial charge in [0.2, 0.25) is 0 Å². The molecule has 9 heteroatoms. The summed E-state index contributed by atoms with van der Waals surface area (Å²) in [6.07, 6.45) is 0.00589. The number of nitrogens with zero attached hydrogens (tertiary/aromatic N) is 1. The highest BCUT2D eigenvalue weighted by Gasteiger charge is 2.18. The quantitative estimate of drug-likeness (QED) is 0.637. The zero-order valence-electron chi connectivity index (χ0n) is 15.9. The van der Waals surface area contributed by atoms with Gasteiger partial charge in [-0.05, 0) is 27.2 Å². The minimum absolute atomic E-state index is 0.249. The Bertz CT molecular complexity index is 786. The molecule has 0 bridgehead atoms. The van der Waals surface area contributed by atoms with Gasteiger partial charge in [0.25, 0.3) is 0 Å². The van der Waals surface area contributed by atoms with Gasteiger partial charge >= 0.3 is 6.09 Å². The van der Waals surface area contributed by atoms with Crippen LogP contribution in [0.5, 0.6) is 11.5 Å². The molecule has 0 saturated heterocycles. The van der Waals surface area contributed by atoms with Crippen LogP contribution in [0.3, 0.4) is 0 Å². The maximum Gasteiger partial charge on any atom is 0.407 e. The maximum absolute atomic E-state index is 13.9. The van der Waals surface area contributed by atoms with E-state index in [1.54, 1.807) is 26.8 Å². The third kappa shape index (κ3) is 6.05. The van der Waals surface area contributed by atoms with E-state index in [4.69, 9.17) is 19.9 Å². The highest BCUT2D eigenvalue weighted by atomic mass is 19.1. The topological polar surface area (TPSA) is 111 Å². The van der Waals surface area contributed by atoms with Crippen LogP contribution in [-0.4, -0.2) is 42.2 Å². The Morgan fingerprint density at radius 3 is 2.59 bits per heavy atom. The summed E-state index contributed by atoms with van der Waals surface area (Å²) in [5.74, 6) is 0.377. The van der Waals surface area contributed by atoms with Gasteiger partial charge in [0.1, 0.15) is 28.7 Å². The molecular weight excluding hydrogens is 355 g/mol. The van der Waals surface area contributed by atoms with Gasteiger partial charge < -0.3 is 25.3 Å². The van der Waals surface area contributed by atoms with Crippen molar-refractivity contribution >= 4 is 11.9 Å². The minimum atomic E-state index is -0.556. The second-order valence-corrected chi connectivity index (χ2v) is 6.82. The molecule has 0 unspecified atom stereocenters. The Morgan fingerprint density at radius 1 is 1.30 bits per heavy atom. The van der Waals surface area contributed by atoms with E-state index in [1.807, 2.05) is 0 Å². The molecule has 0 fully saturated rings. The molecule has 0 radical (unpaired) electrons. The lowest BCUT2D eigenvalue weighted by molar-refractivity contribution is 0.0525. The number of alkyl carbamates (subject to hydrolysis) is 1. The SMILES string of the molecule is COc1cc(F)cc(OCCCNC(=O)OC(C)(C)C)c1-c1cc(N)n[nH]1. The molecular formula is C18H25FN4O4. The first-order chi connectivity index (χ1) is 12.7. The molecule has 1 aromatic carbocycles. The molecule has 0 spiro atoms. The van der Waals surface area contributed by atoms with E-state index in [-0.39, 0.29) is 12.4 Å². The summed E-state index contributed by atoms with van der Waals surface area (Å²) in [6.45, 7) is 5.97. The predicted molar refractivity (Wildman–Crippen MR) is 99.3 cm³/mol. The molecule has 8 nitrogen and oxygen atoms in total. The van der Waals surface area contributed by atoms with E-state index >= 15 is 0 Å². The van der Waals surface area contributed by atoms with Crippen LogP contribution < -0.4 is 20.5 Å². The van der Waals surface area contributed by atoms with Crippen molar-refractivity contribution in [2.45, 2.75) is 32.8 Å². The predicted octanol–water partition coefficient (Wildman–Crippen LogP) is 3.10. The number of nitrogens with one attached hydrogen (secondary N) is 2. The molecule has 2 aromatic rings. The average Bonchev–Trinajstić information content (AvgIpc) is 2.98. The lowest BCUT2D eigenvalue weighted by Crippen LogP contribution is -2.33. The standard InChI is InChI=1S/C18H25FN4O4/c1-18(2,3)27-17(24)21-6-5-7-26-14-9-11(19)8-13(25-4)16(14)12-10-15(20)23-22-12/h8-10H,5-7H2,1-4H3,(H,21,24)(H3,20,22,23). The Morgan fingerprint density at radius 2 is 2.00 bits per heavy atom. The van der Waals surface area contributed by atoms with Crippen molar-refractivity contribution in [1.29, 1.82) is 0 Å². The van der Waals surface area contributed by atoms with Crippen LogP contribution >= 0.6 is 0 Å². The number of amides is 1. The fraction of sp³-hybridized carbons (Fsp3) is 0.444. The van der Waals surface area contributed by atoms with Crippen LogP contribution in [-0.2, 0) is 4.74 Å². The van der Waals surface area contributed by atoms with Crippen LogP contribution in [0.25, 0.3) is 11.3 Å². The number of aromatic amines is 1. The molecule has 4 N–H and O–H groups in total. The van der Waals surface area contributed by atoms with Crippen molar-refractivity contribution in [1.82, 2.24) is 15.5 Å². The van der Waals surface area contributed by atoms with Crippen LogP contribution in [0, 0.1) is 5.82 Å². The van der Waals surface area contributed by atoms with E-state index in [0.717, 1.165) is 0 Å². The number of carbonyl (C=O) groups is 1. The minimum Gasteiger partial charge on any atom is -0.496 e. The van der Waals surface area contributed by atoms with E-state index in [1.165, 1.54) is 19.2 Å². The smallest absolute Gasteiger partial charge is 0.407 e. The van der Waals surface area contributed by atoms with Crippen molar-refractivity contribution in [2.75, 3.05) is 26.0 Å². The first-order valence-corrected chi connectivity index (χ1v) is 8.48. The van der Waals surface area contributed by atoms with E-state index in [2.05, 4.69) is 15.5 Å². The summed E-state index contributed by atoms with van der Waals surface area (Å²) in [4.78, 5) is 11.6. The highest BCUT2D eigenvalue weighted by Crippen LogP contribution is 2.39. The number of carbonyl (C=O) groups excluding carboxylic acids is 1. The molecule has 148 valence electrons. The van der Waals surface area contributed by atoms with Crippen molar-refractivity contribution in [3.63, 3.8) is 0 Å². The zero-order chi connectivity index (χ0) is 20.0. The molecule has 0 aliphatic heterocycles. The summed E-state index contributed by atoms with van der Waals surface area (Å²) in [6, 6.07) is 4.12. The molecule has 1 amide bonds. The lowest BCUT2D eigenvalue weighted by Gasteiger charge is -2.19. The third-order valence-corrected chi connectivity index (χ3v) is 3.36. The Hall–Kier alpha value is -2.97. The molecule has 1 heterocycles. The van der Waals surface area contributed by atoms with Gasteiger partial charge in [0, 0.05) is 24.7 Å². The number of ether oxygens (including phenoxy) is 3. The molecule has 2 rings (SSSR count). The summed E-state index contributed by atoms with van der Waals surface area (Å²) < 4.78 is 30.0. The first-order valence-electron chi connectivity index (χ1n) is 8.48. The van der Waals surface area contributed by atoms with E-state index in [9.17, 15) is 9.18 Å². The Balaban J connectivity index is 2.00. The van der Waals surface area contributed by atoms with Crippen LogP contribution in [0.2, 0.25) is 0 Å². The van der Waals surface area contributed by atoms with Crippen LogP contribution in [0.15, 0.2) is 18.2 Å². The van der Waals surface area contributed by atoms with Crippen molar-refractivity contribution in [3.05, 3.63) is 24.0 Å². The summed E-state index contributed by atoms with van der Waals surface area (Å²) in [5.41, 5.74) is 6.16. The van der Waals surface area contributed by atoms with Gasteiger partial charge in [-0.2, -0.15) is 5.10 Å². The third-order valence-electron chi connectivity index (χ3n) is 3.36. The van der Waals surface area contributed by atoms with Gasteiger partial charge in [0.05, 0.1) is 25.0 Å². The van der Waals surface area contributed by atoms with Gasteiger partial charge in [-0.1, -0.05) is 0 Å². The summed E-state index contributed by atoms with van der Waals surface area (Å²) in [7, 11) is 1.44. The van der Waals surface area contributed by atoms with Gasteiger partial charge in [-0.25, -0.2) is 9.18 Å². The lowest BCUT2D eigenvalue weighted by atomic mass is 10.1. The monoisotopic (exact) mass is 380 g/mol.